The Morgan fingerprint density at radius 1 is 1.08 bits per heavy atom. The Bertz CT molecular complexity index is 774. The normalized spacial score (nSPS) is 13.7. The number of hydrogen-bond acceptors (Lipinski definition) is 6. The van der Waals surface area contributed by atoms with E-state index in [1.807, 2.05) is 6.92 Å². The van der Waals surface area contributed by atoms with Crippen LogP contribution < -0.4 is 15.8 Å². The average molecular weight is 385 g/mol. The Morgan fingerprint density at radius 2 is 1.62 bits per heavy atom. The highest BCUT2D eigenvalue weighted by Crippen LogP contribution is 2.14. The summed E-state index contributed by atoms with van der Waals surface area (Å²) in [6, 6.07) is 3.80. The zero-order valence-electron chi connectivity index (χ0n) is 15.0. The average Bonchev–Trinajstić information content (AvgIpc) is 2.52. The van der Waals surface area contributed by atoms with Gasteiger partial charge in [0.15, 0.2) is 6.10 Å². The molecule has 0 saturated heterocycles. The van der Waals surface area contributed by atoms with Crippen molar-refractivity contribution in [2.45, 2.75) is 44.7 Å². The molecule has 9 nitrogen and oxygen atoms in total. The molecule has 3 amide bonds. The van der Waals surface area contributed by atoms with Gasteiger partial charge in [-0.3, -0.25) is 14.9 Å². The van der Waals surface area contributed by atoms with E-state index in [2.05, 4.69) is 4.72 Å². The summed E-state index contributed by atoms with van der Waals surface area (Å²) in [6.45, 7) is 6.30. The summed E-state index contributed by atoms with van der Waals surface area (Å²) >= 11 is 0. The molecule has 26 heavy (non-hydrogen) atoms. The lowest BCUT2D eigenvalue weighted by Gasteiger charge is -2.22. The Labute approximate surface area is 152 Å². The number of ether oxygens (including phenoxy) is 1. The standard InChI is InChI=1S/C16H23N3O6S/c1-9(2)13(15(21)25-11(4)14(20)18-16(17)22)19-26(23,24)12-7-5-10(3)6-8-12/h5-9,11,13,19H,1-4H3,(H3,17,18,20,22)/t11?,13-/m0/s1. The van der Waals surface area contributed by atoms with Crippen molar-refractivity contribution in [3.63, 3.8) is 0 Å². The van der Waals surface area contributed by atoms with Crippen LogP contribution in [0.15, 0.2) is 29.2 Å². The number of imide groups is 1. The molecule has 144 valence electrons. The molecule has 1 rings (SSSR count). The molecule has 0 spiro atoms. The second-order valence-corrected chi connectivity index (χ2v) is 7.80. The Morgan fingerprint density at radius 3 is 2.08 bits per heavy atom. The van der Waals surface area contributed by atoms with Gasteiger partial charge in [0, 0.05) is 0 Å². The van der Waals surface area contributed by atoms with Gasteiger partial charge in [0.25, 0.3) is 5.91 Å². The van der Waals surface area contributed by atoms with Crippen molar-refractivity contribution in [1.29, 1.82) is 0 Å². The lowest BCUT2D eigenvalue weighted by molar-refractivity contribution is -0.157. The number of esters is 1. The van der Waals surface area contributed by atoms with Crippen LogP contribution in [0.2, 0.25) is 0 Å². The number of nitrogens with two attached hydrogens (primary N) is 1. The molecule has 0 aliphatic carbocycles. The quantitative estimate of drug-likeness (QED) is 0.580. The van der Waals surface area contributed by atoms with E-state index in [0.717, 1.165) is 5.56 Å². The highest BCUT2D eigenvalue weighted by Gasteiger charge is 2.32. The summed E-state index contributed by atoms with van der Waals surface area (Å²) in [6.07, 6.45) is -1.32. The Kier molecular flexibility index (Phi) is 7.28. The van der Waals surface area contributed by atoms with Crippen molar-refractivity contribution >= 4 is 27.9 Å². The Balaban J connectivity index is 2.91. The molecule has 4 N–H and O–H groups in total. The first-order chi connectivity index (χ1) is 11.9. The minimum atomic E-state index is -3.97. The van der Waals surface area contributed by atoms with E-state index in [9.17, 15) is 22.8 Å². The number of nitrogens with one attached hydrogen (secondary N) is 2. The van der Waals surface area contributed by atoms with Crippen molar-refractivity contribution in [2.24, 2.45) is 11.7 Å². The van der Waals surface area contributed by atoms with Crippen LogP contribution in [0, 0.1) is 12.8 Å². The maximum atomic E-state index is 12.5. The molecular formula is C16H23N3O6S. The van der Waals surface area contributed by atoms with E-state index in [0.29, 0.717) is 0 Å². The predicted octanol–water partition coefficient (Wildman–Crippen LogP) is 0.425. The number of amides is 3. The van der Waals surface area contributed by atoms with Crippen LogP contribution in [-0.4, -0.2) is 38.5 Å². The third-order valence-electron chi connectivity index (χ3n) is 3.44. The molecule has 2 atom stereocenters. The molecule has 0 fully saturated rings. The van der Waals surface area contributed by atoms with Gasteiger partial charge in [0.1, 0.15) is 6.04 Å². The summed E-state index contributed by atoms with van der Waals surface area (Å²) in [5.74, 6) is -2.30. The molecule has 0 radical (unpaired) electrons. The minimum absolute atomic E-state index is 0.000991. The molecule has 0 aliphatic rings. The van der Waals surface area contributed by atoms with E-state index in [1.165, 1.54) is 19.1 Å². The number of urea groups is 1. The fourth-order valence-corrected chi connectivity index (χ4v) is 3.27. The van der Waals surface area contributed by atoms with Gasteiger partial charge in [0.05, 0.1) is 4.90 Å². The molecule has 1 aromatic rings. The number of carbonyl (C=O) groups is 3. The van der Waals surface area contributed by atoms with Gasteiger partial charge in [0.2, 0.25) is 10.0 Å². The SMILES string of the molecule is Cc1ccc(S(=O)(=O)N[C@H](C(=O)OC(C)C(=O)NC(N)=O)C(C)C)cc1. The van der Waals surface area contributed by atoms with Gasteiger partial charge >= 0.3 is 12.0 Å². The summed E-state index contributed by atoms with van der Waals surface area (Å²) in [4.78, 5) is 34.6. The van der Waals surface area contributed by atoms with E-state index >= 15 is 0 Å². The first kappa shape index (κ1) is 21.6. The van der Waals surface area contributed by atoms with E-state index in [4.69, 9.17) is 10.5 Å². The second-order valence-electron chi connectivity index (χ2n) is 6.09. The van der Waals surface area contributed by atoms with Crippen molar-refractivity contribution in [1.82, 2.24) is 10.0 Å². The number of rotatable bonds is 7. The van der Waals surface area contributed by atoms with Crippen molar-refractivity contribution in [2.75, 3.05) is 0 Å². The zero-order chi connectivity index (χ0) is 20.1. The minimum Gasteiger partial charge on any atom is -0.451 e. The van der Waals surface area contributed by atoms with Crippen LogP contribution in [0.25, 0.3) is 0 Å². The smallest absolute Gasteiger partial charge is 0.325 e. The van der Waals surface area contributed by atoms with Crippen molar-refractivity contribution in [3.05, 3.63) is 29.8 Å². The number of carbonyl (C=O) groups excluding carboxylic acids is 3. The fourth-order valence-electron chi connectivity index (χ4n) is 1.93. The molecule has 0 heterocycles. The number of primary amides is 1. The highest BCUT2D eigenvalue weighted by atomic mass is 32.2. The lowest BCUT2D eigenvalue weighted by Crippen LogP contribution is -2.48. The number of benzene rings is 1. The highest BCUT2D eigenvalue weighted by molar-refractivity contribution is 7.89. The summed E-state index contributed by atoms with van der Waals surface area (Å²) in [5, 5.41) is 1.78. The van der Waals surface area contributed by atoms with Crippen LogP contribution in [0.1, 0.15) is 26.3 Å². The molecule has 1 aromatic carbocycles. The second kappa shape index (κ2) is 8.77. The van der Waals surface area contributed by atoms with Crippen LogP contribution >= 0.6 is 0 Å². The van der Waals surface area contributed by atoms with Gasteiger partial charge in [-0.1, -0.05) is 31.5 Å². The van der Waals surface area contributed by atoms with Crippen molar-refractivity contribution in [3.8, 4) is 0 Å². The number of sulfonamides is 1. The molecule has 0 saturated carbocycles. The maximum absolute atomic E-state index is 12.5. The molecule has 0 bridgehead atoms. The number of hydrogen-bond donors (Lipinski definition) is 3. The molecule has 1 unspecified atom stereocenters. The summed E-state index contributed by atoms with van der Waals surface area (Å²) in [7, 11) is -3.97. The molecular weight excluding hydrogens is 362 g/mol. The van der Waals surface area contributed by atoms with Gasteiger partial charge < -0.3 is 10.5 Å². The topological polar surface area (TPSA) is 145 Å². The van der Waals surface area contributed by atoms with Crippen LogP contribution in [-0.2, 0) is 24.3 Å². The van der Waals surface area contributed by atoms with Crippen LogP contribution in [0.3, 0.4) is 0 Å². The molecule has 0 aliphatic heterocycles. The van der Waals surface area contributed by atoms with Gasteiger partial charge in [-0.05, 0) is 31.9 Å². The number of aryl methyl sites for hydroxylation is 1. The van der Waals surface area contributed by atoms with E-state index in [1.54, 1.807) is 31.3 Å². The fraction of sp³-hybridized carbons (Fsp3) is 0.438. The third-order valence-corrected chi connectivity index (χ3v) is 4.90. The van der Waals surface area contributed by atoms with Gasteiger partial charge in [-0.2, -0.15) is 4.72 Å². The lowest BCUT2D eigenvalue weighted by atomic mass is 10.1. The maximum Gasteiger partial charge on any atom is 0.325 e. The van der Waals surface area contributed by atoms with Crippen LogP contribution in [0.5, 0.6) is 0 Å². The summed E-state index contributed by atoms with van der Waals surface area (Å²) in [5.41, 5.74) is 5.71. The summed E-state index contributed by atoms with van der Waals surface area (Å²) < 4.78 is 32.2. The molecule has 10 heteroatoms. The monoisotopic (exact) mass is 385 g/mol. The van der Waals surface area contributed by atoms with Crippen LogP contribution in [0.4, 0.5) is 4.79 Å². The zero-order valence-corrected chi connectivity index (χ0v) is 15.8. The first-order valence-corrected chi connectivity index (χ1v) is 9.32. The Hall–Kier alpha value is -2.46. The largest absolute Gasteiger partial charge is 0.451 e. The van der Waals surface area contributed by atoms with E-state index in [-0.39, 0.29) is 4.90 Å². The van der Waals surface area contributed by atoms with Crippen molar-refractivity contribution < 1.29 is 27.5 Å². The predicted molar refractivity (Wildman–Crippen MR) is 93.4 cm³/mol. The van der Waals surface area contributed by atoms with E-state index < -0.39 is 46.0 Å². The van der Waals surface area contributed by atoms with Gasteiger partial charge in [-0.25, -0.2) is 13.2 Å². The molecule has 0 aromatic heterocycles. The van der Waals surface area contributed by atoms with Gasteiger partial charge in [-0.15, -0.1) is 0 Å². The first-order valence-electron chi connectivity index (χ1n) is 7.84. The third kappa shape index (κ3) is 6.12.